The minimum Gasteiger partial charge on any atom is -0.372 e. The lowest BCUT2D eigenvalue weighted by Gasteiger charge is -2.37. The first kappa shape index (κ1) is 40.4. The molecule has 16 nitrogen and oxygen atoms in total. The molecule has 3 aromatic heterocycles. The van der Waals surface area contributed by atoms with Gasteiger partial charge in [-0.25, -0.2) is 9.97 Å². The van der Waals surface area contributed by atoms with E-state index in [1.54, 1.807) is 29.8 Å². The van der Waals surface area contributed by atoms with E-state index in [2.05, 4.69) is 36.1 Å². The minimum atomic E-state index is -0.961. The average Bonchev–Trinajstić information content (AvgIpc) is 3.79. The lowest BCUT2D eigenvalue weighted by atomic mass is 9.99. The number of nitrogens with one attached hydrogen (secondary N) is 1. The number of carbonyl (C=O) groups is 5. The van der Waals surface area contributed by atoms with Crippen LogP contribution in [0.5, 0.6) is 0 Å². The van der Waals surface area contributed by atoms with Gasteiger partial charge >= 0.3 is 0 Å². The number of fused-ring (bicyclic) bond motifs is 2. The van der Waals surface area contributed by atoms with Gasteiger partial charge in [-0.2, -0.15) is 4.98 Å². The Balaban J connectivity index is 0.784. The Kier molecular flexibility index (Phi) is 10.9. The molecule has 4 amide bonds. The third kappa shape index (κ3) is 7.55. The molecule has 0 bridgehead atoms. The smallest absolute Gasteiger partial charge is 0.263 e. The number of likely N-dealkylation sites (tertiary alicyclic amines) is 1. The topological polar surface area (TPSA) is 174 Å². The first-order chi connectivity index (χ1) is 29.5. The molecule has 7 heterocycles. The van der Waals surface area contributed by atoms with Crippen molar-refractivity contribution in [2.45, 2.75) is 83.7 Å². The highest BCUT2D eigenvalue weighted by Crippen LogP contribution is 2.34. The summed E-state index contributed by atoms with van der Waals surface area (Å²) in [7, 11) is 1.40. The van der Waals surface area contributed by atoms with E-state index in [1.165, 1.54) is 14.0 Å². The molecule has 0 radical (unpaired) electrons. The molecule has 9 rings (SSSR count). The first-order valence-corrected chi connectivity index (χ1v) is 21.7. The summed E-state index contributed by atoms with van der Waals surface area (Å²) >= 11 is 0. The molecule has 2 atom stereocenters. The predicted molar refractivity (Wildman–Crippen MR) is 230 cm³/mol. The number of benzene rings is 1. The largest absolute Gasteiger partial charge is 0.372 e. The molecule has 1 saturated carbocycles. The summed E-state index contributed by atoms with van der Waals surface area (Å²) in [5.41, 5.74) is 3.67. The molecule has 2 unspecified atom stereocenters. The molecule has 4 aromatic rings. The fraction of sp³-hybridized carbons (Fsp3) is 0.489. The molecule has 5 aliphatic rings. The van der Waals surface area contributed by atoms with Crippen molar-refractivity contribution in [2.75, 3.05) is 68.0 Å². The Hall–Kier alpha value is -6.03. The monoisotopic (exact) mass is 828 g/mol. The van der Waals surface area contributed by atoms with E-state index in [1.807, 2.05) is 18.3 Å². The number of hydrogen-bond donors (Lipinski definition) is 1. The van der Waals surface area contributed by atoms with Crippen LogP contribution in [0.3, 0.4) is 0 Å². The third-order valence-electron chi connectivity index (χ3n) is 13.5. The number of likely N-dealkylation sites (N-methyl/N-ethyl adjacent to an activating group) is 1. The molecule has 0 spiro atoms. The zero-order chi connectivity index (χ0) is 42.5. The van der Waals surface area contributed by atoms with Crippen LogP contribution in [0, 0.1) is 12.8 Å². The number of Topliss-reactive ketones (excluding diaryl/α,β-unsaturated/α-hetero) is 1. The van der Waals surface area contributed by atoms with Crippen molar-refractivity contribution in [3.8, 4) is 0 Å². The highest BCUT2D eigenvalue weighted by atomic mass is 16.2. The number of ketones is 1. The van der Waals surface area contributed by atoms with Crippen molar-refractivity contribution < 1.29 is 24.0 Å². The molecule has 4 aliphatic heterocycles. The number of rotatable bonds is 9. The second-order valence-corrected chi connectivity index (χ2v) is 17.3. The maximum Gasteiger partial charge on any atom is 0.263 e. The summed E-state index contributed by atoms with van der Waals surface area (Å²) in [6.45, 7) is 9.63. The van der Waals surface area contributed by atoms with Gasteiger partial charge < -0.3 is 15.1 Å². The maximum absolute atomic E-state index is 13.6. The van der Waals surface area contributed by atoms with Crippen LogP contribution in [0.4, 0.5) is 23.1 Å². The zero-order valence-electron chi connectivity index (χ0n) is 35.1. The highest BCUT2D eigenvalue weighted by molar-refractivity contribution is 6.23. The Bertz CT molecular complexity index is 2490. The Morgan fingerprint density at radius 3 is 2.26 bits per heavy atom. The second kappa shape index (κ2) is 16.4. The lowest BCUT2D eigenvalue weighted by molar-refractivity contribution is -0.149. The van der Waals surface area contributed by atoms with Crippen molar-refractivity contribution >= 4 is 63.6 Å². The van der Waals surface area contributed by atoms with Crippen LogP contribution in [-0.4, -0.2) is 123 Å². The van der Waals surface area contributed by atoms with Gasteiger partial charge in [0.2, 0.25) is 11.9 Å². The highest BCUT2D eigenvalue weighted by Gasteiger charge is 2.46. The minimum absolute atomic E-state index is 0.00543. The number of imide groups is 2. The van der Waals surface area contributed by atoms with E-state index in [-0.39, 0.29) is 41.7 Å². The molecule has 318 valence electrons. The molecule has 1 aliphatic carbocycles. The Morgan fingerprint density at radius 1 is 0.787 bits per heavy atom. The van der Waals surface area contributed by atoms with E-state index in [4.69, 9.17) is 4.98 Å². The van der Waals surface area contributed by atoms with E-state index < -0.39 is 23.8 Å². The number of carbonyl (C=O) groups excluding carboxylic acids is 5. The quantitative estimate of drug-likeness (QED) is 0.181. The molecule has 4 fully saturated rings. The normalized spacial score (nSPS) is 21.8. The molecule has 16 heteroatoms. The lowest BCUT2D eigenvalue weighted by Crippen LogP contribution is -2.54. The maximum atomic E-state index is 13.6. The molecule has 61 heavy (non-hydrogen) atoms. The first-order valence-electron chi connectivity index (χ1n) is 21.7. The molecular weight excluding hydrogens is 777 g/mol. The van der Waals surface area contributed by atoms with Crippen LogP contribution in [0.25, 0.3) is 11.0 Å². The van der Waals surface area contributed by atoms with Gasteiger partial charge in [-0.1, -0.05) is 12.8 Å². The van der Waals surface area contributed by atoms with Crippen molar-refractivity contribution in [3.63, 3.8) is 0 Å². The van der Waals surface area contributed by atoms with Gasteiger partial charge in [-0.05, 0) is 94.2 Å². The van der Waals surface area contributed by atoms with Crippen LogP contribution in [0.1, 0.15) is 107 Å². The Morgan fingerprint density at radius 2 is 1.52 bits per heavy atom. The molecule has 1 N–H and O–H groups in total. The zero-order valence-corrected chi connectivity index (χ0v) is 35.1. The SMILES string of the molecule is CC(=O)c1c(C)c2cnc(Nc3ccc(N4CCN(CC5CCCN(c6ccc7c(c6)C(=O)N(C6CCC(=O)N(C)C6=O)C7=O)CC5)CC4)cn3)nc2n(C2CCCC2)c1=O. The summed E-state index contributed by atoms with van der Waals surface area (Å²) < 4.78 is 1.71. The van der Waals surface area contributed by atoms with Crippen LogP contribution < -0.4 is 20.7 Å². The Labute approximate surface area is 353 Å². The standard InChI is InChI=1S/C45H52N10O6/c1-27-35-25-47-45(49-40(35)54(30-8-4-5-9-30)44(61)39(27)28(2)56)48-37-14-11-32(24-46-37)53-21-19-51(20-22-53)26-29-7-6-17-52(18-16-29)31-10-12-33-34(23-31)42(59)55(41(33)58)36-13-15-38(57)50(3)43(36)60/h10-12,14,23-25,29-30,36H,4-9,13,15-22,26H2,1-3H3,(H,46,47,48,49). The summed E-state index contributed by atoms with van der Waals surface area (Å²) in [5, 5.41) is 3.93. The van der Waals surface area contributed by atoms with E-state index in [0.29, 0.717) is 45.4 Å². The van der Waals surface area contributed by atoms with Crippen molar-refractivity contribution in [3.05, 3.63) is 75.3 Å². The fourth-order valence-electron chi connectivity index (χ4n) is 10.1. The van der Waals surface area contributed by atoms with E-state index in [9.17, 15) is 28.8 Å². The summed E-state index contributed by atoms with van der Waals surface area (Å²) in [5.74, 6) is -0.527. The number of hydrogen-bond acceptors (Lipinski definition) is 13. The summed E-state index contributed by atoms with van der Waals surface area (Å²) in [4.78, 5) is 101. The van der Waals surface area contributed by atoms with Gasteiger partial charge in [-0.3, -0.25) is 48.0 Å². The molecule has 1 aromatic carbocycles. The number of aryl methyl sites for hydroxylation is 1. The summed E-state index contributed by atoms with van der Waals surface area (Å²) in [6, 6.07) is 8.43. The number of amides is 4. The number of piperidine rings is 1. The van der Waals surface area contributed by atoms with Gasteiger partial charge in [0.25, 0.3) is 23.3 Å². The van der Waals surface area contributed by atoms with E-state index in [0.717, 1.165) is 112 Å². The van der Waals surface area contributed by atoms with Gasteiger partial charge in [-0.15, -0.1) is 0 Å². The summed E-state index contributed by atoms with van der Waals surface area (Å²) in [6.07, 6.45) is 10.8. The number of nitrogens with zero attached hydrogens (tertiary/aromatic N) is 9. The number of anilines is 4. The van der Waals surface area contributed by atoms with E-state index >= 15 is 0 Å². The number of pyridine rings is 2. The van der Waals surface area contributed by atoms with Gasteiger partial charge in [0.15, 0.2) is 5.78 Å². The molecular formula is C45H52N10O6. The van der Waals surface area contributed by atoms with Crippen molar-refractivity contribution in [1.82, 2.24) is 34.2 Å². The predicted octanol–water partition coefficient (Wildman–Crippen LogP) is 4.73. The van der Waals surface area contributed by atoms with Crippen LogP contribution in [-0.2, 0) is 9.59 Å². The van der Waals surface area contributed by atoms with Gasteiger partial charge in [0.1, 0.15) is 17.5 Å². The number of aromatic nitrogens is 4. The van der Waals surface area contributed by atoms with Crippen molar-refractivity contribution in [2.24, 2.45) is 5.92 Å². The van der Waals surface area contributed by atoms with Gasteiger partial charge in [0, 0.05) is 82.6 Å². The fourth-order valence-corrected chi connectivity index (χ4v) is 10.1. The number of piperazine rings is 1. The van der Waals surface area contributed by atoms with Crippen LogP contribution >= 0.6 is 0 Å². The van der Waals surface area contributed by atoms with Gasteiger partial charge in [0.05, 0.1) is 28.6 Å². The molecule has 3 saturated heterocycles. The average molecular weight is 829 g/mol. The van der Waals surface area contributed by atoms with Crippen LogP contribution in [0.15, 0.2) is 47.5 Å². The second-order valence-electron chi connectivity index (χ2n) is 17.3. The third-order valence-corrected chi connectivity index (χ3v) is 13.5. The van der Waals surface area contributed by atoms with Crippen molar-refractivity contribution in [1.29, 1.82) is 0 Å². The van der Waals surface area contributed by atoms with Crippen LogP contribution in [0.2, 0.25) is 0 Å².